The van der Waals surface area contributed by atoms with Crippen molar-refractivity contribution in [3.05, 3.63) is 71.5 Å². The van der Waals surface area contributed by atoms with E-state index in [1.165, 1.54) is 74.9 Å². The lowest BCUT2D eigenvalue weighted by Gasteiger charge is -2.15. The molecule has 3 aromatic rings. The maximum atomic E-state index is 15.6. The summed E-state index contributed by atoms with van der Waals surface area (Å²) in [6, 6.07) is 10.2. The van der Waals surface area contributed by atoms with Crippen LogP contribution < -0.4 is 9.47 Å². The van der Waals surface area contributed by atoms with E-state index in [1.807, 2.05) is 13.8 Å². The second-order valence-corrected chi connectivity index (χ2v) is 11.7. The lowest BCUT2D eigenvalue weighted by Crippen LogP contribution is -2.12. The summed E-state index contributed by atoms with van der Waals surface area (Å²) in [6.07, 6.45) is 12.4. The summed E-state index contributed by atoms with van der Waals surface area (Å²) < 4.78 is 56.7. The summed E-state index contributed by atoms with van der Waals surface area (Å²) in [7, 11) is 0. The molecule has 0 aliphatic rings. The highest BCUT2D eigenvalue weighted by molar-refractivity contribution is 5.97. The Morgan fingerprint density at radius 1 is 0.756 bits per heavy atom. The van der Waals surface area contributed by atoms with Gasteiger partial charge in [-0.05, 0) is 53.8 Å². The molecule has 1 atom stereocenters. The van der Waals surface area contributed by atoms with Crippen LogP contribution in [0.1, 0.15) is 108 Å². The molecule has 8 heteroatoms. The molecule has 1 N–H and O–H groups in total. The number of unbranched alkanes of at least 4 members (excludes halogenated alkanes) is 9. The third-order valence-corrected chi connectivity index (χ3v) is 8.03. The lowest BCUT2D eigenvalue weighted by atomic mass is 9.95. The zero-order valence-electron chi connectivity index (χ0n) is 26.6. The van der Waals surface area contributed by atoms with E-state index in [0.29, 0.717) is 5.56 Å². The zero-order chi connectivity index (χ0) is 32.8. The van der Waals surface area contributed by atoms with Gasteiger partial charge in [0.15, 0.2) is 23.1 Å². The third-order valence-electron chi connectivity index (χ3n) is 8.03. The van der Waals surface area contributed by atoms with E-state index in [1.54, 1.807) is 0 Å². The number of aromatic carboxylic acids is 1. The number of halogens is 3. The standard InChI is InChI=1S/C37H45F3O5/c1-4-6-7-8-9-10-11-12-13-14-21-44-33-20-18-29(37(42)43)35(36(33)40)28-17-15-26(23-30(28)38)27-16-19-32(31(39)24-27)45-34(41)22-25(3)5-2/h15-20,23-25H,4-14,21-22H2,1-3H3,(H,42,43)/t25-/m0/s1. The van der Waals surface area contributed by atoms with Crippen LogP contribution in [-0.4, -0.2) is 23.7 Å². The Morgan fingerprint density at radius 3 is 1.91 bits per heavy atom. The summed E-state index contributed by atoms with van der Waals surface area (Å²) in [4.78, 5) is 24.0. The van der Waals surface area contributed by atoms with Crippen molar-refractivity contribution in [1.29, 1.82) is 0 Å². The van der Waals surface area contributed by atoms with Crippen molar-refractivity contribution in [2.24, 2.45) is 5.92 Å². The highest BCUT2D eigenvalue weighted by Gasteiger charge is 2.23. The lowest BCUT2D eigenvalue weighted by molar-refractivity contribution is -0.135. The summed E-state index contributed by atoms with van der Waals surface area (Å²) in [5, 5.41) is 9.72. The van der Waals surface area contributed by atoms with Crippen LogP contribution >= 0.6 is 0 Å². The summed E-state index contributed by atoms with van der Waals surface area (Å²) >= 11 is 0. The molecule has 5 nitrogen and oxygen atoms in total. The minimum absolute atomic E-state index is 0.101. The van der Waals surface area contributed by atoms with E-state index in [0.717, 1.165) is 44.2 Å². The van der Waals surface area contributed by atoms with Gasteiger partial charge in [0.2, 0.25) is 0 Å². The van der Waals surface area contributed by atoms with Crippen molar-refractivity contribution in [1.82, 2.24) is 0 Å². The van der Waals surface area contributed by atoms with Gasteiger partial charge in [-0.15, -0.1) is 0 Å². The number of hydrogen-bond acceptors (Lipinski definition) is 4. The number of ether oxygens (including phenoxy) is 2. The molecule has 0 fully saturated rings. The Morgan fingerprint density at radius 2 is 1.33 bits per heavy atom. The van der Waals surface area contributed by atoms with Gasteiger partial charge in [-0.25, -0.2) is 18.0 Å². The molecule has 0 saturated carbocycles. The number of rotatable bonds is 19. The van der Waals surface area contributed by atoms with Gasteiger partial charge in [-0.2, -0.15) is 0 Å². The van der Waals surface area contributed by atoms with E-state index < -0.39 is 40.5 Å². The minimum atomic E-state index is -1.41. The number of esters is 1. The second-order valence-electron chi connectivity index (χ2n) is 11.7. The van der Waals surface area contributed by atoms with E-state index in [9.17, 15) is 19.1 Å². The Hall–Kier alpha value is -3.81. The van der Waals surface area contributed by atoms with Crippen LogP contribution in [0.4, 0.5) is 13.2 Å². The molecular weight excluding hydrogens is 581 g/mol. The Balaban J connectivity index is 1.69. The molecule has 0 bridgehead atoms. The van der Waals surface area contributed by atoms with Gasteiger partial charge < -0.3 is 14.6 Å². The quantitative estimate of drug-likeness (QED) is 0.0814. The average molecular weight is 627 g/mol. The van der Waals surface area contributed by atoms with Crippen LogP contribution in [0.3, 0.4) is 0 Å². The van der Waals surface area contributed by atoms with E-state index >= 15 is 8.78 Å². The summed E-state index contributed by atoms with van der Waals surface area (Å²) in [5.74, 6) is -4.85. The third kappa shape index (κ3) is 10.6. The van der Waals surface area contributed by atoms with Gasteiger partial charge in [0.25, 0.3) is 0 Å². The second kappa shape index (κ2) is 18.2. The highest BCUT2D eigenvalue weighted by atomic mass is 19.1. The number of carboxylic acids is 1. The number of carbonyl (C=O) groups excluding carboxylic acids is 1. The van der Waals surface area contributed by atoms with Gasteiger partial charge in [0.05, 0.1) is 12.2 Å². The molecule has 45 heavy (non-hydrogen) atoms. The predicted molar refractivity (Wildman–Crippen MR) is 171 cm³/mol. The van der Waals surface area contributed by atoms with Crippen molar-refractivity contribution in [3.63, 3.8) is 0 Å². The largest absolute Gasteiger partial charge is 0.490 e. The number of hydrogen-bond donors (Lipinski definition) is 1. The molecule has 0 radical (unpaired) electrons. The van der Waals surface area contributed by atoms with Crippen LogP contribution in [0.2, 0.25) is 0 Å². The van der Waals surface area contributed by atoms with E-state index in [-0.39, 0.29) is 41.6 Å². The predicted octanol–water partition coefficient (Wildman–Crippen LogP) is 10.8. The topological polar surface area (TPSA) is 72.8 Å². The number of carbonyl (C=O) groups is 2. The van der Waals surface area contributed by atoms with Gasteiger partial charge in [0, 0.05) is 17.5 Å². The van der Waals surface area contributed by atoms with Crippen molar-refractivity contribution in [2.75, 3.05) is 6.61 Å². The monoisotopic (exact) mass is 626 g/mol. The molecule has 0 aliphatic carbocycles. The molecule has 244 valence electrons. The fourth-order valence-electron chi connectivity index (χ4n) is 5.14. The SMILES string of the molecule is CCCCCCCCCCCCOc1ccc(C(=O)O)c(-c2ccc(-c3ccc(OC(=O)C[C@@H](C)CC)c(F)c3)cc2F)c1F. The molecule has 0 unspecified atom stereocenters. The average Bonchev–Trinajstić information content (AvgIpc) is 3.01. The molecule has 0 saturated heterocycles. The Bertz CT molecular complexity index is 1420. The van der Waals surface area contributed by atoms with Crippen LogP contribution in [-0.2, 0) is 4.79 Å². The van der Waals surface area contributed by atoms with Crippen LogP contribution in [0.25, 0.3) is 22.3 Å². The van der Waals surface area contributed by atoms with E-state index in [2.05, 4.69) is 6.92 Å². The maximum Gasteiger partial charge on any atom is 0.336 e. The molecule has 0 spiro atoms. The molecule has 0 aromatic heterocycles. The molecule has 3 aromatic carbocycles. The summed E-state index contributed by atoms with van der Waals surface area (Å²) in [5.41, 5.74) is -0.499. The van der Waals surface area contributed by atoms with Crippen molar-refractivity contribution >= 4 is 11.9 Å². The Labute approximate surface area is 264 Å². The first-order valence-corrected chi connectivity index (χ1v) is 16.1. The van der Waals surface area contributed by atoms with Gasteiger partial charge in [0.1, 0.15) is 5.82 Å². The van der Waals surface area contributed by atoms with Gasteiger partial charge >= 0.3 is 11.9 Å². The smallest absolute Gasteiger partial charge is 0.336 e. The van der Waals surface area contributed by atoms with Crippen molar-refractivity contribution < 1.29 is 37.3 Å². The molecule has 3 rings (SSSR count). The first-order valence-electron chi connectivity index (χ1n) is 16.1. The van der Waals surface area contributed by atoms with Crippen molar-refractivity contribution in [2.45, 2.75) is 97.8 Å². The first kappa shape index (κ1) is 35.7. The number of benzene rings is 3. The minimum Gasteiger partial charge on any atom is -0.490 e. The maximum absolute atomic E-state index is 15.6. The van der Waals surface area contributed by atoms with Gasteiger partial charge in [-0.1, -0.05) is 103 Å². The molecule has 0 amide bonds. The first-order chi connectivity index (χ1) is 21.7. The van der Waals surface area contributed by atoms with Crippen molar-refractivity contribution in [3.8, 4) is 33.8 Å². The molecule has 0 aliphatic heterocycles. The van der Waals surface area contributed by atoms with Crippen LogP contribution in [0.15, 0.2) is 48.5 Å². The fraction of sp³-hybridized carbons (Fsp3) is 0.459. The zero-order valence-corrected chi connectivity index (χ0v) is 26.6. The van der Waals surface area contributed by atoms with Crippen LogP contribution in [0, 0.1) is 23.4 Å². The fourth-order valence-corrected chi connectivity index (χ4v) is 5.14. The van der Waals surface area contributed by atoms with Gasteiger partial charge in [-0.3, -0.25) is 4.79 Å². The molecule has 0 heterocycles. The normalized spacial score (nSPS) is 11.8. The molecular formula is C37H45F3O5. The Kier molecular flexibility index (Phi) is 14.4. The van der Waals surface area contributed by atoms with Crippen LogP contribution in [0.5, 0.6) is 11.5 Å². The highest BCUT2D eigenvalue weighted by Crippen LogP contribution is 2.36. The van der Waals surface area contributed by atoms with E-state index in [4.69, 9.17) is 9.47 Å². The number of carboxylic acid groups (broad SMARTS) is 1. The summed E-state index contributed by atoms with van der Waals surface area (Å²) in [6.45, 7) is 6.30.